The maximum Gasteiger partial charge on any atom is 0.251 e. The number of rotatable bonds is 4. The van der Waals surface area contributed by atoms with Crippen LogP contribution in [0.5, 0.6) is 11.6 Å². The molecule has 4 saturated heterocycles. The number of carbonyl (C=O) groups excluding carboxylic acids is 1. The van der Waals surface area contributed by atoms with Crippen molar-refractivity contribution in [3.8, 4) is 11.6 Å². The van der Waals surface area contributed by atoms with E-state index in [0.29, 0.717) is 55.1 Å². The van der Waals surface area contributed by atoms with Gasteiger partial charge in [-0.15, -0.1) is 0 Å². The molecule has 1 aromatic heterocycles. The number of nitrogens with zero attached hydrogens (tertiary/aromatic N) is 5. The first kappa shape index (κ1) is 28.5. The zero-order valence-corrected chi connectivity index (χ0v) is 25.7. The molecular formula is C34H37F3N6O3. The van der Waals surface area contributed by atoms with Crippen molar-refractivity contribution in [2.45, 2.75) is 74.9 Å². The molecule has 2 aromatic carbocycles. The van der Waals surface area contributed by atoms with E-state index >= 15 is 4.39 Å². The minimum atomic E-state index is -0.955. The number of nitrogens with one attached hydrogen (secondary N) is 1. The number of anilines is 3. The van der Waals surface area contributed by atoms with Crippen molar-refractivity contribution in [2.24, 2.45) is 0 Å². The molecule has 2 N–H and O–H groups in total. The van der Waals surface area contributed by atoms with Gasteiger partial charge in [0.2, 0.25) is 5.88 Å². The van der Waals surface area contributed by atoms with Crippen molar-refractivity contribution in [2.75, 3.05) is 54.5 Å². The number of halogens is 3. The highest BCUT2D eigenvalue weighted by atomic mass is 19.2. The van der Waals surface area contributed by atoms with E-state index in [1.165, 1.54) is 18.2 Å². The molecule has 46 heavy (non-hydrogen) atoms. The lowest BCUT2D eigenvalue weighted by atomic mass is 9.92. The lowest BCUT2D eigenvalue weighted by Gasteiger charge is -2.49. The Bertz CT molecular complexity index is 1790. The largest absolute Gasteiger partial charge is 0.508 e. The molecule has 7 heterocycles. The molecule has 3 aromatic rings. The van der Waals surface area contributed by atoms with E-state index in [1.54, 1.807) is 11.9 Å². The topological polar surface area (TPSA) is 84.4 Å². The molecule has 6 aliphatic heterocycles. The number of hydrogen-bond donors (Lipinski definition) is 2. The summed E-state index contributed by atoms with van der Waals surface area (Å²) in [5, 5.41) is 14.7. The molecule has 242 valence electrons. The molecule has 1 amide bonds. The predicted octanol–water partition coefficient (Wildman–Crippen LogP) is 4.02. The summed E-state index contributed by atoms with van der Waals surface area (Å²) < 4.78 is 51.0. The van der Waals surface area contributed by atoms with E-state index in [4.69, 9.17) is 9.72 Å². The third kappa shape index (κ3) is 4.08. The van der Waals surface area contributed by atoms with Crippen LogP contribution in [0.15, 0.2) is 24.3 Å². The van der Waals surface area contributed by atoms with Crippen LogP contribution in [0.1, 0.15) is 43.4 Å². The molecule has 0 aliphatic carbocycles. The monoisotopic (exact) mass is 634 g/mol. The van der Waals surface area contributed by atoms with E-state index in [2.05, 4.69) is 15.1 Å². The first-order valence-corrected chi connectivity index (χ1v) is 16.4. The summed E-state index contributed by atoms with van der Waals surface area (Å²) in [6, 6.07) is 5.44. The average molecular weight is 635 g/mol. The normalized spacial score (nSPS) is 30.1. The zero-order valence-electron chi connectivity index (χ0n) is 25.7. The third-order valence-corrected chi connectivity index (χ3v) is 11.4. The third-order valence-electron chi connectivity index (χ3n) is 11.4. The van der Waals surface area contributed by atoms with Gasteiger partial charge >= 0.3 is 0 Å². The number of aromatic nitrogens is 1. The number of pyridine rings is 1. The average Bonchev–Trinajstić information content (AvgIpc) is 3.70. The van der Waals surface area contributed by atoms with Gasteiger partial charge in [-0.3, -0.25) is 9.69 Å². The predicted molar refractivity (Wildman–Crippen MR) is 168 cm³/mol. The van der Waals surface area contributed by atoms with Crippen molar-refractivity contribution in [3.63, 3.8) is 0 Å². The first-order chi connectivity index (χ1) is 22.2. The lowest BCUT2D eigenvalue weighted by Crippen LogP contribution is -2.66. The number of alkyl halides is 1. The van der Waals surface area contributed by atoms with Crippen LogP contribution in [0.2, 0.25) is 0 Å². The van der Waals surface area contributed by atoms with Crippen molar-refractivity contribution in [1.29, 1.82) is 0 Å². The van der Waals surface area contributed by atoms with Gasteiger partial charge in [0.05, 0.1) is 29.2 Å². The minimum Gasteiger partial charge on any atom is -0.508 e. The molecule has 4 fully saturated rings. The number of phenolic OH excluding ortho intramolecular Hbond substituents is 1. The Morgan fingerprint density at radius 3 is 2.89 bits per heavy atom. The molecule has 0 radical (unpaired) electrons. The van der Waals surface area contributed by atoms with Crippen LogP contribution < -0.4 is 24.8 Å². The second kappa shape index (κ2) is 10.1. The molecule has 5 atom stereocenters. The van der Waals surface area contributed by atoms with Gasteiger partial charge in [-0.05, 0) is 56.2 Å². The Morgan fingerprint density at radius 1 is 1.15 bits per heavy atom. The number of phenols is 1. The van der Waals surface area contributed by atoms with E-state index in [1.807, 2.05) is 4.90 Å². The SMILES string of the molecule is CN1C(=O)C2[C@@H]3CC[C@H](CN2c2c4c(nc(OC[C@@]56CCCN5C[C@H](F)C6)c21)CN(c1cc(O)cc2ccc(F)c(F)c12)CC4)N3. The van der Waals surface area contributed by atoms with E-state index in [9.17, 15) is 18.7 Å². The standard InChI is InChI=1S/C34H37F3N6O3/c1-40-31-29(43-15-20-4-6-24(38-20)30(43)33(40)45)22-7-10-41(26-12-21(44)11-18-3-5-23(36)28(37)27(18)26)16-25(22)39-32(31)46-17-34-8-2-9-42(34)14-19(35)13-34/h3,5,11-12,19-20,24,30,38,44H,2,4,6-10,13-17H2,1H3/t19-,20-,24+,30?,34+/m1/s1. The van der Waals surface area contributed by atoms with Gasteiger partial charge in [0.25, 0.3) is 5.91 Å². The summed E-state index contributed by atoms with van der Waals surface area (Å²) >= 11 is 0. The molecular weight excluding hydrogens is 597 g/mol. The van der Waals surface area contributed by atoms with Crippen LogP contribution in [-0.4, -0.2) is 90.6 Å². The Morgan fingerprint density at radius 2 is 2.02 bits per heavy atom. The van der Waals surface area contributed by atoms with Gasteiger partial charge in [-0.25, -0.2) is 18.2 Å². The highest BCUT2D eigenvalue weighted by molar-refractivity contribution is 6.08. The van der Waals surface area contributed by atoms with E-state index in [0.717, 1.165) is 55.2 Å². The number of aromatic hydroxyl groups is 1. The molecule has 9 nitrogen and oxygen atoms in total. The number of piperazine rings is 1. The van der Waals surface area contributed by atoms with Crippen LogP contribution >= 0.6 is 0 Å². The Balaban J connectivity index is 1.16. The second-order valence-corrected chi connectivity index (χ2v) is 14.0. The number of carbonyl (C=O) groups is 1. The zero-order chi connectivity index (χ0) is 31.5. The summed E-state index contributed by atoms with van der Waals surface area (Å²) in [7, 11) is 1.79. The quantitative estimate of drug-likeness (QED) is 0.446. The van der Waals surface area contributed by atoms with Gasteiger partial charge < -0.3 is 29.9 Å². The van der Waals surface area contributed by atoms with Crippen LogP contribution in [-0.2, 0) is 17.8 Å². The fourth-order valence-corrected chi connectivity index (χ4v) is 9.36. The minimum absolute atomic E-state index is 0.00321. The van der Waals surface area contributed by atoms with Gasteiger partial charge in [-0.2, -0.15) is 0 Å². The molecule has 0 saturated carbocycles. The van der Waals surface area contributed by atoms with Crippen LogP contribution in [0, 0.1) is 11.6 Å². The fourth-order valence-electron chi connectivity index (χ4n) is 9.36. The van der Waals surface area contributed by atoms with Crippen molar-refractivity contribution < 1.29 is 27.8 Å². The van der Waals surface area contributed by atoms with Crippen LogP contribution in [0.25, 0.3) is 10.8 Å². The number of hydrogen-bond acceptors (Lipinski definition) is 8. The molecule has 9 rings (SSSR count). The number of fused-ring (bicyclic) bond motifs is 10. The van der Waals surface area contributed by atoms with Crippen molar-refractivity contribution in [1.82, 2.24) is 15.2 Å². The summed E-state index contributed by atoms with van der Waals surface area (Å²) in [6.45, 7) is 2.97. The Kier molecular flexibility index (Phi) is 6.26. The summed E-state index contributed by atoms with van der Waals surface area (Å²) in [5.41, 5.74) is 3.36. The first-order valence-electron chi connectivity index (χ1n) is 16.4. The molecule has 12 heteroatoms. The van der Waals surface area contributed by atoms with E-state index in [-0.39, 0.29) is 48.3 Å². The van der Waals surface area contributed by atoms with Crippen molar-refractivity contribution in [3.05, 3.63) is 47.2 Å². The lowest BCUT2D eigenvalue weighted by molar-refractivity contribution is -0.120. The Hall–Kier alpha value is -3.77. The highest BCUT2D eigenvalue weighted by Gasteiger charge is 2.52. The highest BCUT2D eigenvalue weighted by Crippen LogP contribution is 2.50. The Labute approximate surface area is 264 Å². The summed E-state index contributed by atoms with van der Waals surface area (Å²) in [5.74, 6) is -1.59. The molecule has 1 unspecified atom stereocenters. The molecule has 2 bridgehead atoms. The maximum absolute atomic E-state index is 15.3. The molecule has 6 aliphatic rings. The van der Waals surface area contributed by atoms with E-state index < -0.39 is 23.3 Å². The van der Waals surface area contributed by atoms with Crippen LogP contribution in [0.3, 0.4) is 0 Å². The second-order valence-electron chi connectivity index (χ2n) is 14.0. The van der Waals surface area contributed by atoms with Gasteiger partial charge in [0, 0.05) is 62.2 Å². The number of benzene rings is 2. The van der Waals surface area contributed by atoms with Crippen molar-refractivity contribution >= 4 is 33.7 Å². The van der Waals surface area contributed by atoms with Crippen LogP contribution in [0.4, 0.5) is 30.2 Å². The van der Waals surface area contributed by atoms with Gasteiger partial charge in [0.15, 0.2) is 11.6 Å². The maximum atomic E-state index is 15.3. The smallest absolute Gasteiger partial charge is 0.251 e. The molecule has 0 spiro atoms. The summed E-state index contributed by atoms with van der Waals surface area (Å²) in [4.78, 5) is 27.1. The number of likely N-dealkylation sites (N-methyl/N-ethyl adjacent to an activating group) is 1. The summed E-state index contributed by atoms with van der Waals surface area (Å²) in [6.07, 6.45) is 3.84. The number of amides is 1. The van der Waals surface area contributed by atoms with Gasteiger partial charge in [-0.1, -0.05) is 6.07 Å². The fraction of sp³-hybridized carbons (Fsp3) is 0.529. The van der Waals surface area contributed by atoms with Gasteiger partial charge in [0.1, 0.15) is 30.3 Å². The number of ether oxygens (including phenoxy) is 1.